The van der Waals surface area contributed by atoms with Crippen LogP contribution in [0.4, 0.5) is 0 Å². The van der Waals surface area contributed by atoms with E-state index < -0.39 is 0 Å². The lowest BCUT2D eigenvalue weighted by Crippen LogP contribution is -2.30. The van der Waals surface area contributed by atoms with Gasteiger partial charge in [-0.25, -0.2) is 4.98 Å². The van der Waals surface area contributed by atoms with Crippen LogP contribution in [0, 0.1) is 18.8 Å². The number of amides is 1. The van der Waals surface area contributed by atoms with Crippen LogP contribution >= 0.6 is 0 Å². The van der Waals surface area contributed by atoms with Gasteiger partial charge in [-0.15, -0.1) is 0 Å². The minimum Gasteiger partial charge on any atom is -0.377 e. The van der Waals surface area contributed by atoms with Crippen molar-refractivity contribution in [2.45, 2.75) is 38.7 Å². The summed E-state index contributed by atoms with van der Waals surface area (Å²) in [4.78, 5) is 19.2. The van der Waals surface area contributed by atoms with Crippen LogP contribution in [0.5, 0.6) is 0 Å². The lowest BCUT2D eigenvalue weighted by atomic mass is 9.91. The van der Waals surface area contributed by atoms with Crippen LogP contribution in [0.1, 0.15) is 41.9 Å². The van der Waals surface area contributed by atoms with E-state index in [0.29, 0.717) is 30.7 Å². The van der Waals surface area contributed by atoms with E-state index in [1.807, 2.05) is 17.9 Å². The van der Waals surface area contributed by atoms with E-state index in [1.54, 1.807) is 7.11 Å². The number of aromatic nitrogens is 4. The monoisotopic (exact) mass is 345 g/mol. The maximum atomic E-state index is 12.7. The lowest BCUT2D eigenvalue weighted by molar-refractivity contribution is -0.129. The summed E-state index contributed by atoms with van der Waals surface area (Å²) in [7, 11) is 1.64. The molecule has 2 fully saturated rings. The maximum absolute atomic E-state index is 12.7. The Labute approximate surface area is 145 Å². The van der Waals surface area contributed by atoms with Gasteiger partial charge in [0.25, 0.3) is 0 Å². The van der Waals surface area contributed by atoms with Gasteiger partial charge >= 0.3 is 0 Å². The van der Waals surface area contributed by atoms with Gasteiger partial charge < -0.3 is 14.2 Å². The average molecular weight is 345 g/mol. The lowest BCUT2D eigenvalue weighted by Gasteiger charge is -2.15. The molecule has 1 aliphatic heterocycles. The Hall–Kier alpha value is -2.22. The number of ether oxygens (including phenoxy) is 1. The van der Waals surface area contributed by atoms with Crippen LogP contribution in [0.3, 0.4) is 0 Å². The van der Waals surface area contributed by atoms with Crippen LogP contribution in [-0.4, -0.2) is 51.3 Å². The molecule has 0 spiro atoms. The fraction of sp³-hybridized carbons (Fsp3) is 0.647. The molecule has 2 aliphatic rings. The number of H-pyrrole nitrogens is 1. The number of methoxy groups -OCH3 is 1. The molecule has 0 unspecified atom stereocenters. The fourth-order valence-corrected chi connectivity index (χ4v) is 3.75. The third kappa shape index (κ3) is 3.44. The Morgan fingerprint density at radius 3 is 2.96 bits per heavy atom. The topological polar surface area (TPSA) is 97.1 Å². The van der Waals surface area contributed by atoms with E-state index >= 15 is 0 Å². The Morgan fingerprint density at radius 1 is 1.44 bits per heavy atom. The van der Waals surface area contributed by atoms with Crippen LogP contribution in [0.25, 0.3) is 0 Å². The smallest absolute Gasteiger partial charge is 0.228 e. The molecule has 1 saturated carbocycles. The molecular weight excluding hydrogens is 322 g/mol. The maximum Gasteiger partial charge on any atom is 0.228 e. The third-order valence-corrected chi connectivity index (χ3v) is 5.12. The number of carbonyl (C=O) groups excluding carboxylic acids is 1. The van der Waals surface area contributed by atoms with Crippen molar-refractivity contribution in [2.24, 2.45) is 11.8 Å². The summed E-state index contributed by atoms with van der Waals surface area (Å²) >= 11 is 0. The van der Waals surface area contributed by atoms with E-state index in [4.69, 9.17) is 9.26 Å². The molecule has 8 nitrogen and oxygen atoms in total. The van der Waals surface area contributed by atoms with Gasteiger partial charge in [0.05, 0.1) is 12.1 Å². The van der Waals surface area contributed by atoms with E-state index in [2.05, 4.69) is 20.3 Å². The molecule has 0 aromatic carbocycles. The summed E-state index contributed by atoms with van der Waals surface area (Å²) in [5.74, 6) is 3.66. The number of aromatic amines is 1. The minimum absolute atomic E-state index is 0.0918. The predicted octanol–water partition coefficient (Wildman–Crippen LogP) is 1.44. The standard InChI is InChI=1S/C17H23N5O3/c1-10-5-12(21-25-10)6-16(23)22-7-13(11-3-4-11)14(8-22)17-18-15(9-24-2)19-20-17/h5,11,13-14H,3-4,6-9H2,1-2H3,(H,18,19,20)/t13-,14+/m1/s1. The molecule has 2 aromatic heterocycles. The highest BCUT2D eigenvalue weighted by atomic mass is 16.5. The molecule has 25 heavy (non-hydrogen) atoms. The van der Waals surface area contributed by atoms with Crippen molar-refractivity contribution in [3.63, 3.8) is 0 Å². The first-order valence-corrected chi connectivity index (χ1v) is 8.74. The summed E-state index contributed by atoms with van der Waals surface area (Å²) < 4.78 is 10.2. The molecular formula is C17H23N5O3. The summed E-state index contributed by atoms with van der Waals surface area (Å²) in [5.41, 5.74) is 0.689. The van der Waals surface area contributed by atoms with E-state index in [9.17, 15) is 4.79 Å². The molecule has 134 valence electrons. The Bertz CT molecular complexity index is 751. The summed E-state index contributed by atoms with van der Waals surface area (Å²) in [6.45, 7) is 3.69. The molecule has 1 amide bonds. The molecule has 8 heteroatoms. The van der Waals surface area contributed by atoms with Crippen LogP contribution < -0.4 is 0 Å². The fourth-order valence-electron chi connectivity index (χ4n) is 3.75. The average Bonchev–Trinajstić information content (AvgIpc) is 2.98. The number of nitrogens with zero attached hydrogens (tertiary/aromatic N) is 4. The SMILES string of the molecule is COCc1nc([C@H]2CN(C(=O)Cc3cc(C)on3)C[C@@H]2C2CC2)n[nH]1. The van der Waals surface area contributed by atoms with Gasteiger partial charge in [-0.05, 0) is 31.6 Å². The number of hydrogen-bond donors (Lipinski definition) is 1. The highest BCUT2D eigenvalue weighted by molar-refractivity contribution is 5.78. The van der Waals surface area contributed by atoms with Crippen molar-refractivity contribution in [3.05, 3.63) is 29.2 Å². The number of likely N-dealkylation sites (tertiary alicyclic amines) is 1. The number of carbonyl (C=O) groups is 1. The molecule has 3 heterocycles. The number of hydrogen-bond acceptors (Lipinski definition) is 6. The van der Waals surface area contributed by atoms with Gasteiger partial charge in [0.15, 0.2) is 11.6 Å². The molecule has 1 saturated heterocycles. The van der Waals surface area contributed by atoms with Crippen molar-refractivity contribution >= 4 is 5.91 Å². The van der Waals surface area contributed by atoms with Gasteiger partial charge in [0, 0.05) is 32.2 Å². The van der Waals surface area contributed by atoms with Crippen molar-refractivity contribution in [3.8, 4) is 0 Å². The Morgan fingerprint density at radius 2 is 2.28 bits per heavy atom. The second-order valence-electron chi connectivity index (χ2n) is 7.09. The molecule has 0 bridgehead atoms. The second-order valence-corrected chi connectivity index (χ2v) is 7.09. The van der Waals surface area contributed by atoms with E-state index in [0.717, 1.165) is 24.0 Å². The normalized spacial score (nSPS) is 23.4. The van der Waals surface area contributed by atoms with Crippen LogP contribution in [-0.2, 0) is 22.6 Å². The molecule has 2 atom stereocenters. The molecule has 4 rings (SSSR count). The number of rotatable bonds is 6. The van der Waals surface area contributed by atoms with Gasteiger partial charge in [0.2, 0.25) is 5.91 Å². The molecule has 1 N–H and O–H groups in total. The number of nitrogens with one attached hydrogen (secondary N) is 1. The van der Waals surface area contributed by atoms with Crippen molar-refractivity contribution in [2.75, 3.05) is 20.2 Å². The third-order valence-electron chi connectivity index (χ3n) is 5.12. The first kappa shape index (κ1) is 16.3. The highest BCUT2D eigenvalue weighted by Crippen LogP contribution is 2.47. The molecule has 0 radical (unpaired) electrons. The largest absolute Gasteiger partial charge is 0.377 e. The predicted molar refractivity (Wildman–Crippen MR) is 87.6 cm³/mol. The summed E-state index contributed by atoms with van der Waals surface area (Å²) in [6.07, 6.45) is 2.76. The minimum atomic E-state index is 0.0918. The van der Waals surface area contributed by atoms with Gasteiger partial charge in [-0.1, -0.05) is 5.16 Å². The second kappa shape index (κ2) is 6.59. The van der Waals surface area contributed by atoms with E-state index in [-0.39, 0.29) is 18.2 Å². The summed E-state index contributed by atoms with van der Waals surface area (Å²) in [5, 5.41) is 11.2. The number of aryl methyl sites for hydroxylation is 1. The molecule has 1 aliphatic carbocycles. The van der Waals surface area contributed by atoms with Crippen molar-refractivity contribution in [1.29, 1.82) is 0 Å². The molecule has 2 aromatic rings. The highest BCUT2D eigenvalue weighted by Gasteiger charge is 2.45. The Kier molecular flexibility index (Phi) is 4.29. The zero-order valence-electron chi connectivity index (χ0n) is 14.6. The first-order valence-electron chi connectivity index (χ1n) is 8.74. The van der Waals surface area contributed by atoms with Crippen LogP contribution in [0.2, 0.25) is 0 Å². The van der Waals surface area contributed by atoms with Crippen LogP contribution in [0.15, 0.2) is 10.6 Å². The van der Waals surface area contributed by atoms with Gasteiger partial charge in [-0.2, -0.15) is 5.10 Å². The van der Waals surface area contributed by atoms with Crippen molar-refractivity contribution < 1.29 is 14.1 Å². The van der Waals surface area contributed by atoms with Crippen molar-refractivity contribution in [1.82, 2.24) is 25.2 Å². The Balaban J connectivity index is 1.47. The first-order chi connectivity index (χ1) is 12.1. The zero-order valence-corrected chi connectivity index (χ0v) is 14.6. The van der Waals surface area contributed by atoms with Gasteiger partial charge in [-0.3, -0.25) is 9.89 Å². The van der Waals surface area contributed by atoms with Gasteiger partial charge in [0.1, 0.15) is 12.4 Å². The van der Waals surface area contributed by atoms with E-state index in [1.165, 1.54) is 12.8 Å². The summed E-state index contributed by atoms with van der Waals surface area (Å²) in [6, 6.07) is 1.82. The zero-order chi connectivity index (χ0) is 17.4. The quantitative estimate of drug-likeness (QED) is 0.851.